The summed E-state index contributed by atoms with van der Waals surface area (Å²) < 4.78 is 0. The molecule has 0 spiro atoms. The molecule has 0 aliphatic carbocycles. The van der Waals surface area contributed by atoms with Gasteiger partial charge < -0.3 is 0 Å². The second-order valence-corrected chi connectivity index (χ2v) is 4.38. The minimum Gasteiger partial charge on any atom is -0.232 e. The van der Waals surface area contributed by atoms with Gasteiger partial charge in [-0.3, -0.25) is 0 Å². The summed E-state index contributed by atoms with van der Waals surface area (Å²) >= 11 is 0. The van der Waals surface area contributed by atoms with Gasteiger partial charge in [0.05, 0.1) is 5.52 Å². The zero-order chi connectivity index (χ0) is 10.2. The Bertz CT molecular complexity index is 452. The Morgan fingerprint density at radius 2 is 1.93 bits per heavy atom. The summed E-state index contributed by atoms with van der Waals surface area (Å²) in [7, 11) is 0. The standard InChI is InChI=1S/C11H13N3/c1-11(2,3)8-5-4-6-9-10(8)12-7-13-14-9/h4-7H,1-3H3. The van der Waals surface area contributed by atoms with Crippen LogP contribution in [0, 0.1) is 0 Å². The summed E-state index contributed by atoms with van der Waals surface area (Å²) in [4.78, 5) is 4.27. The fourth-order valence-electron chi connectivity index (χ4n) is 1.52. The van der Waals surface area contributed by atoms with E-state index in [2.05, 4.69) is 42.0 Å². The first-order valence-electron chi connectivity index (χ1n) is 4.66. The van der Waals surface area contributed by atoms with Crippen LogP contribution in [0.25, 0.3) is 11.0 Å². The van der Waals surface area contributed by atoms with Gasteiger partial charge in [-0.05, 0) is 17.0 Å². The summed E-state index contributed by atoms with van der Waals surface area (Å²) in [5, 5.41) is 7.82. The van der Waals surface area contributed by atoms with Gasteiger partial charge in [-0.2, -0.15) is 0 Å². The summed E-state index contributed by atoms with van der Waals surface area (Å²) in [6, 6.07) is 6.03. The lowest BCUT2D eigenvalue weighted by molar-refractivity contribution is 0.594. The molecule has 2 rings (SSSR count). The first kappa shape index (κ1) is 9.06. The molecule has 0 atom stereocenters. The van der Waals surface area contributed by atoms with Crippen LogP contribution in [0.2, 0.25) is 0 Å². The van der Waals surface area contributed by atoms with Crippen molar-refractivity contribution in [1.82, 2.24) is 15.2 Å². The van der Waals surface area contributed by atoms with Gasteiger partial charge in [0.1, 0.15) is 11.8 Å². The van der Waals surface area contributed by atoms with E-state index in [1.807, 2.05) is 12.1 Å². The van der Waals surface area contributed by atoms with Crippen molar-refractivity contribution in [3.63, 3.8) is 0 Å². The Labute approximate surface area is 83.2 Å². The predicted molar refractivity (Wildman–Crippen MR) is 56.0 cm³/mol. The van der Waals surface area contributed by atoms with Crippen LogP contribution in [0.5, 0.6) is 0 Å². The van der Waals surface area contributed by atoms with E-state index in [0.717, 1.165) is 11.0 Å². The smallest absolute Gasteiger partial charge is 0.138 e. The van der Waals surface area contributed by atoms with Crippen molar-refractivity contribution >= 4 is 11.0 Å². The molecule has 2 aromatic rings. The average molecular weight is 187 g/mol. The highest BCUT2D eigenvalue weighted by molar-refractivity contribution is 5.78. The Balaban J connectivity index is 2.78. The van der Waals surface area contributed by atoms with Crippen LogP contribution in [0.15, 0.2) is 24.5 Å². The number of hydrogen-bond acceptors (Lipinski definition) is 3. The molecule has 0 radical (unpaired) electrons. The number of para-hydroxylation sites is 1. The lowest BCUT2D eigenvalue weighted by Crippen LogP contribution is -2.12. The molecule has 14 heavy (non-hydrogen) atoms. The van der Waals surface area contributed by atoms with Crippen LogP contribution in [0.1, 0.15) is 26.3 Å². The molecule has 3 nitrogen and oxygen atoms in total. The number of nitrogens with zero attached hydrogens (tertiary/aromatic N) is 3. The zero-order valence-corrected chi connectivity index (χ0v) is 8.65. The molecule has 0 N–H and O–H groups in total. The highest BCUT2D eigenvalue weighted by Crippen LogP contribution is 2.26. The monoisotopic (exact) mass is 187 g/mol. The number of aromatic nitrogens is 3. The Morgan fingerprint density at radius 3 is 2.64 bits per heavy atom. The molecule has 0 aliphatic heterocycles. The van der Waals surface area contributed by atoms with Crippen molar-refractivity contribution in [1.29, 1.82) is 0 Å². The van der Waals surface area contributed by atoms with Crippen LogP contribution >= 0.6 is 0 Å². The van der Waals surface area contributed by atoms with E-state index in [0.29, 0.717) is 0 Å². The highest BCUT2D eigenvalue weighted by Gasteiger charge is 2.17. The molecule has 1 aromatic carbocycles. The second kappa shape index (κ2) is 3.01. The summed E-state index contributed by atoms with van der Waals surface area (Å²) in [5.74, 6) is 0. The first-order valence-corrected chi connectivity index (χ1v) is 4.66. The molecule has 72 valence electrons. The molecule has 1 aromatic heterocycles. The van der Waals surface area contributed by atoms with Crippen molar-refractivity contribution in [3.8, 4) is 0 Å². The van der Waals surface area contributed by atoms with Crippen molar-refractivity contribution in [2.45, 2.75) is 26.2 Å². The number of rotatable bonds is 0. The lowest BCUT2D eigenvalue weighted by Gasteiger charge is -2.19. The number of benzene rings is 1. The van der Waals surface area contributed by atoms with Crippen molar-refractivity contribution in [2.75, 3.05) is 0 Å². The lowest BCUT2D eigenvalue weighted by atomic mass is 9.86. The van der Waals surface area contributed by atoms with E-state index in [4.69, 9.17) is 0 Å². The molecule has 0 bridgehead atoms. The van der Waals surface area contributed by atoms with E-state index in [9.17, 15) is 0 Å². The summed E-state index contributed by atoms with van der Waals surface area (Å²) in [6.45, 7) is 6.51. The predicted octanol–water partition coefficient (Wildman–Crippen LogP) is 2.32. The Kier molecular flexibility index (Phi) is 1.95. The third-order valence-electron chi connectivity index (χ3n) is 2.23. The van der Waals surface area contributed by atoms with Crippen LogP contribution < -0.4 is 0 Å². The van der Waals surface area contributed by atoms with E-state index in [-0.39, 0.29) is 5.41 Å². The van der Waals surface area contributed by atoms with E-state index >= 15 is 0 Å². The fraction of sp³-hybridized carbons (Fsp3) is 0.364. The molecule has 0 saturated heterocycles. The van der Waals surface area contributed by atoms with Crippen molar-refractivity contribution in [3.05, 3.63) is 30.1 Å². The minimum absolute atomic E-state index is 0.0928. The average Bonchev–Trinajstić information content (AvgIpc) is 2.15. The Morgan fingerprint density at radius 1 is 1.14 bits per heavy atom. The van der Waals surface area contributed by atoms with Crippen molar-refractivity contribution in [2.24, 2.45) is 0 Å². The van der Waals surface area contributed by atoms with Gasteiger partial charge in [0.15, 0.2) is 0 Å². The van der Waals surface area contributed by atoms with Gasteiger partial charge in [-0.1, -0.05) is 32.9 Å². The molecular weight excluding hydrogens is 174 g/mol. The van der Waals surface area contributed by atoms with Crippen LogP contribution in [-0.2, 0) is 5.41 Å². The molecule has 0 fully saturated rings. The highest BCUT2D eigenvalue weighted by atomic mass is 15.1. The van der Waals surface area contributed by atoms with Crippen LogP contribution in [-0.4, -0.2) is 15.2 Å². The number of fused-ring (bicyclic) bond motifs is 1. The van der Waals surface area contributed by atoms with Gasteiger partial charge in [-0.25, -0.2) is 4.98 Å². The van der Waals surface area contributed by atoms with Gasteiger partial charge in [0.25, 0.3) is 0 Å². The fourth-order valence-corrected chi connectivity index (χ4v) is 1.52. The largest absolute Gasteiger partial charge is 0.232 e. The summed E-state index contributed by atoms with van der Waals surface area (Å²) in [6.07, 6.45) is 1.50. The van der Waals surface area contributed by atoms with Crippen LogP contribution in [0.3, 0.4) is 0 Å². The van der Waals surface area contributed by atoms with Crippen molar-refractivity contribution < 1.29 is 0 Å². The van der Waals surface area contributed by atoms with Gasteiger partial charge in [0, 0.05) is 0 Å². The molecule has 0 saturated carbocycles. The number of hydrogen-bond donors (Lipinski definition) is 0. The second-order valence-electron chi connectivity index (χ2n) is 4.38. The third kappa shape index (κ3) is 1.45. The van der Waals surface area contributed by atoms with Gasteiger partial charge in [0.2, 0.25) is 0 Å². The maximum Gasteiger partial charge on any atom is 0.138 e. The van der Waals surface area contributed by atoms with E-state index in [1.165, 1.54) is 11.9 Å². The van der Waals surface area contributed by atoms with Gasteiger partial charge in [-0.15, -0.1) is 10.2 Å². The Hall–Kier alpha value is -1.51. The minimum atomic E-state index is 0.0928. The van der Waals surface area contributed by atoms with E-state index in [1.54, 1.807) is 0 Å². The first-order chi connectivity index (χ1) is 6.59. The van der Waals surface area contributed by atoms with Crippen LogP contribution in [0.4, 0.5) is 0 Å². The third-order valence-corrected chi connectivity index (χ3v) is 2.23. The molecule has 3 heteroatoms. The molecule has 0 aliphatic rings. The molecule has 1 heterocycles. The summed E-state index contributed by atoms with van der Waals surface area (Å²) in [5.41, 5.74) is 3.12. The SMILES string of the molecule is CC(C)(C)c1cccc2nncnc12. The molecule has 0 unspecified atom stereocenters. The zero-order valence-electron chi connectivity index (χ0n) is 8.65. The maximum absolute atomic E-state index is 4.27. The quantitative estimate of drug-likeness (QED) is 0.635. The van der Waals surface area contributed by atoms with E-state index < -0.39 is 0 Å². The van der Waals surface area contributed by atoms with Gasteiger partial charge >= 0.3 is 0 Å². The maximum atomic E-state index is 4.27. The molecule has 0 amide bonds. The molecular formula is C11H13N3. The normalized spacial score (nSPS) is 11.9. The topological polar surface area (TPSA) is 38.7 Å².